The second kappa shape index (κ2) is 5.54. The van der Waals surface area contributed by atoms with Crippen molar-refractivity contribution in [3.05, 3.63) is 57.0 Å². The Labute approximate surface area is 126 Å². The second-order valence-electron chi connectivity index (χ2n) is 4.93. The molecule has 1 heterocycles. The second-order valence-corrected chi connectivity index (χ2v) is 6.48. The molecule has 5 heteroatoms. The Morgan fingerprint density at radius 2 is 1.95 bits per heavy atom. The molecule has 1 aromatic carbocycles. The van der Waals surface area contributed by atoms with Crippen molar-refractivity contribution in [3.63, 3.8) is 0 Å². The summed E-state index contributed by atoms with van der Waals surface area (Å²) in [4.78, 5) is 14.2. The van der Waals surface area contributed by atoms with Gasteiger partial charge in [-0.2, -0.15) is 0 Å². The maximum Gasteiger partial charge on any atom is 0.272 e. The number of pyridine rings is 1. The minimum absolute atomic E-state index is 0.0601. The van der Waals surface area contributed by atoms with E-state index in [2.05, 4.69) is 0 Å². The van der Waals surface area contributed by atoms with Crippen molar-refractivity contribution < 1.29 is 0 Å². The van der Waals surface area contributed by atoms with Crippen LogP contribution in [0.3, 0.4) is 0 Å². The number of hydrogen-bond acceptors (Lipinski definition) is 3. The van der Waals surface area contributed by atoms with Crippen molar-refractivity contribution >= 4 is 23.4 Å². The fourth-order valence-corrected chi connectivity index (χ4v) is 3.93. The van der Waals surface area contributed by atoms with Crippen molar-refractivity contribution in [2.24, 2.45) is 0 Å². The van der Waals surface area contributed by atoms with Crippen LogP contribution in [-0.4, -0.2) is 4.68 Å². The Kier molecular flexibility index (Phi) is 3.76. The van der Waals surface area contributed by atoms with Crippen LogP contribution in [0.4, 0.5) is 0 Å². The zero-order valence-electron chi connectivity index (χ0n) is 10.9. The Balaban J connectivity index is 2.05. The lowest BCUT2D eigenvalue weighted by Gasteiger charge is -2.19. The predicted molar refractivity (Wildman–Crippen MR) is 83.1 cm³/mol. The van der Waals surface area contributed by atoms with Gasteiger partial charge in [0.25, 0.3) is 5.56 Å². The molecular weight excluding hydrogens is 292 g/mol. The van der Waals surface area contributed by atoms with Crippen LogP contribution in [0.2, 0.25) is 5.02 Å². The van der Waals surface area contributed by atoms with Gasteiger partial charge in [0, 0.05) is 26.6 Å². The van der Waals surface area contributed by atoms with Crippen LogP contribution in [-0.2, 0) is 12.8 Å². The first kappa shape index (κ1) is 13.6. The van der Waals surface area contributed by atoms with E-state index in [1.807, 2.05) is 24.3 Å². The van der Waals surface area contributed by atoms with Crippen molar-refractivity contribution in [1.82, 2.24) is 4.68 Å². The highest BCUT2D eigenvalue weighted by molar-refractivity contribution is 7.99. The number of rotatable bonds is 2. The van der Waals surface area contributed by atoms with Crippen LogP contribution in [0, 0.1) is 0 Å². The minimum atomic E-state index is -0.0601. The third-order valence-corrected chi connectivity index (χ3v) is 4.83. The molecular formula is C15H15ClN2OS. The van der Waals surface area contributed by atoms with Gasteiger partial charge in [-0.15, -0.1) is 0 Å². The number of benzene rings is 1. The summed E-state index contributed by atoms with van der Waals surface area (Å²) in [6, 6.07) is 7.71. The van der Waals surface area contributed by atoms with Gasteiger partial charge in [0.15, 0.2) is 0 Å². The van der Waals surface area contributed by atoms with E-state index in [1.54, 1.807) is 18.0 Å². The van der Waals surface area contributed by atoms with E-state index in [-0.39, 0.29) is 5.56 Å². The smallest absolute Gasteiger partial charge is 0.272 e. The lowest BCUT2D eigenvalue weighted by atomic mass is 9.93. The van der Waals surface area contributed by atoms with Crippen LogP contribution >= 0.6 is 23.4 Å². The van der Waals surface area contributed by atoms with Crippen molar-refractivity contribution in [1.29, 1.82) is 0 Å². The topological polar surface area (TPSA) is 48.0 Å². The van der Waals surface area contributed by atoms with Gasteiger partial charge in [0.05, 0.1) is 0 Å². The summed E-state index contributed by atoms with van der Waals surface area (Å²) in [5.74, 6) is 5.79. The molecule has 0 radical (unpaired) electrons. The average molecular weight is 307 g/mol. The van der Waals surface area contributed by atoms with Gasteiger partial charge in [-0.1, -0.05) is 29.4 Å². The van der Waals surface area contributed by atoms with Crippen LogP contribution < -0.4 is 11.4 Å². The number of nitrogen functional groups attached to an aromatic ring is 1. The average Bonchev–Trinajstić information content (AvgIpc) is 2.45. The quantitative estimate of drug-likeness (QED) is 0.867. The predicted octanol–water partition coefficient (Wildman–Crippen LogP) is 3.25. The third-order valence-electron chi connectivity index (χ3n) is 3.54. The van der Waals surface area contributed by atoms with Crippen LogP contribution in [0.5, 0.6) is 0 Å². The lowest BCUT2D eigenvalue weighted by molar-refractivity contribution is 0.654. The molecule has 1 aromatic heterocycles. The first-order valence-corrected chi connectivity index (χ1v) is 7.80. The fourth-order valence-electron chi connectivity index (χ4n) is 2.58. The van der Waals surface area contributed by atoms with Crippen LogP contribution in [0.15, 0.2) is 45.0 Å². The van der Waals surface area contributed by atoms with Gasteiger partial charge >= 0.3 is 0 Å². The summed E-state index contributed by atoms with van der Waals surface area (Å²) in [6.07, 6.45) is 5.71. The monoisotopic (exact) mass is 306 g/mol. The standard InChI is InChI=1S/C15H15ClN2OS/c16-10-4-3-5-11(8-10)20-14-9-18(17)15(19)13-7-2-1-6-12(13)14/h3-5,8-9H,1-2,6-7,17H2. The molecule has 3 rings (SSSR count). The van der Waals surface area contributed by atoms with E-state index < -0.39 is 0 Å². The molecule has 0 atom stereocenters. The Morgan fingerprint density at radius 1 is 1.20 bits per heavy atom. The van der Waals surface area contributed by atoms with Crippen molar-refractivity contribution in [2.75, 3.05) is 5.84 Å². The molecule has 104 valence electrons. The summed E-state index contributed by atoms with van der Waals surface area (Å²) in [5, 5.41) is 0.713. The van der Waals surface area contributed by atoms with Crippen molar-refractivity contribution in [2.45, 2.75) is 35.5 Å². The largest absolute Gasteiger partial charge is 0.336 e. The molecule has 3 nitrogen and oxygen atoms in total. The molecule has 1 aliphatic rings. The molecule has 0 bridgehead atoms. The number of halogens is 1. The fraction of sp³-hybridized carbons (Fsp3) is 0.267. The Hall–Kier alpha value is -1.39. The van der Waals surface area contributed by atoms with Crippen LogP contribution in [0.25, 0.3) is 0 Å². The molecule has 2 N–H and O–H groups in total. The molecule has 0 spiro atoms. The van der Waals surface area contributed by atoms with E-state index in [4.69, 9.17) is 17.4 Å². The van der Waals surface area contributed by atoms with E-state index >= 15 is 0 Å². The molecule has 20 heavy (non-hydrogen) atoms. The van der Waals surface area contributed by atoms with Gasteiger partial charge in [-0.25, -0.2) is 4.68 Å². The maximum atomic E-state index is 12.1. The van der Waals surface area contributed by atoms with E-state index in [1.165, 1.54) is 4.68 Å². The summed E-state index contributed by atoms with van der Waals surface area (Å²) in [5.41, 5.74) is 1.98. The van der Waals surface area contributed by atoms with Gasteiger partial charge in [0.2, 0.25) is 0 Å². The molecule has 0 aliphatic heterocycles. The Bertz CT molecular complexity index is 712. The third kappa shape index (κ3) is 2.58. The number of nitrogens with two attached hydrogens (primary N) is 1. The Morgan fingerprint density at radius 3 is 2.70 bits per heavy atom. The first-order valence-electron chi connectivity index (χ1n) is 6.61. The maximum absolute atomic E-state index is 12.1. The number of fused-ring (bicyclic) bond motifs is 1. The molecule has 0 saturated carbocycles. The van der Waals surface area contributed by atoms with Gasteiger partial charge in [-0.3, -0.25) is 4.79 Å². The summed E-state index contributed by atoms with van der Waals surface area (Å²) >= 11 is 7.63. The van der Waals surface area contributed by atoms with Crippen LogP contribution in [0.1, 0.15) is 24.0 Å². The van der Waals surface area contributed by atoms with Gasteiger partial charge < -0.3 is 5.84 Å². The molecule has 0 fully saturated rings. The van der Waals surface area contributed by atoms with Crippen molar-refractivity contribution in [3.8, 4) is 0 Å². The highest BCUT2D eigenvalue weighted by atomic mass is 35.5. The normalized spacial score (nSPS) is 14.1. The zero-order chi connectivity index (χ0) is 14.1. The summed E-state index contributed by atoms with van der Waals surface area (Å²) in [6.45, 7) is 0. The minimum Gasteiger partial charge on any atom is -0.336 e. The molecule has 0 amide bonds. The molecule has 1 aliphatic carbocycles. The highest BCUT2D eigenvalue weighted by Crippen LogP contribution is 2.34. The zero-order valence-corrected chi connectivity index (χ0v) is 12.5. The number of nitrogens with zero attached hydrogens (tertiary/aromatic N) is 1. The lowest BCUT2D eigenvalue weighted by Crippen LogP contribution is -2.32. The van der Waals surface area contributed by atoms with E-state index in [9.17, 15) is 4.79 Å². The van der Waals surface area contributed by atoms with E-state index in [0.29, 0.717) is 5.02 Å². The number of hydrogen-bond donors (Lipinski definition) is 1. The molecule has 2 aromatic rings. The summed E-state index contributed by atoms with van der Waals surface area (Å²) < 4.78 is 1.21. The molecule has 0 unspecified atom stereocenters. The van der Waals surface area contributed by atoms with Gasteiger partial charge in [0.1, 0.15) is 0 Å². The van der Waals surface area contributed by atoms with E-state index in [0.717, 1.165) is 46.6 Å². The highest BCUT2D eigenvalue weighted by Gasteiger charge is 2.18. The summed E-state index contributed by atoms with van der Waals surface area (Å²) in [7, 11) is 0. The van der Waals surface area contributed by atoms with Gasteiger partial charge in [-0.05, 0) is 49.4 Å². The number of aromatic nitrogens is 1. The first-order chi connectivity index (χ1) is 9.65. The molecule has 0 saturated heterocycles. The SMILES string of the molecule is Nn1cc(Sc2cccc(Cl)c2)c2c(c1=O)CCCC2.